The largest absolute Gasteiger partial charge is 0.478 e. The zero-order chi connectivity index (χ0) is 17.6. The van der Waals surface area contributed by atoms with Crippen molar-refractivity contribution in [1.29, 1.82) is 0 Å². The number of carbonyl (C=O) groups is 1. The Labute approximate surface area is 148 Å². The third kappa shape index (κ3) is 2.72. The minimum atomic E-state index is -1.05. The van der Waals surface area contributed by atoms with Crippen LogP contribution in [0.1, 0.15) is 47.5 Å². The highest BCUT2D eigenvalue weighted by Gasteiger charge is 2.21. The Bertz CT molecular complexity index is 1040. The maximum atomic E-state index is 13.0. The van der Waals surface area contributed by atoms with Gasteiger partial charge in [-0.3, -0.25) is 4.79 Å². The van der Waals surface area contributed by atoms with Crippen LogP contribution in [-0.2, 0) is 0 Å². The summed E-state index contributed by atoms with van der Waals surface area (Å²) in [6, 6.07) is 8.52. The van der Waals surface area contributed by atoms with E-state index in [4.69, 9.17) is 4.42 Å². The second-order valence-electron chi connectivity index (χ2n) is 6.53. The van der Waals surface area contributed by atoms with E-state index >= 15 is 0 Å². The Kier molecular flexibility index (Phi) is 4.04. The highest BCUT2D eigenvalue weighted by molar-refractivity contribution is 7.98. The first-order valence-corrected chi connectivity index (χ1v) is 9.63. The van der Waals surface area contributed by atoms with E-state index < -0.39 is 5.97 Å². The van der Waals surface area contributed by atoms with Gasteiger partial charge in [0.05, 0.1) is 21.2 Å². The lowest BCUT2D eigenvalue weighted by atomic mass is 9.96. The molecule has 1 fully saturated rings. The molecule has 0 unspecified atom stereocenters. The van der Waals surface area contributed by atoms with E-state index in [0.717, 1.165) is 17.7 Å². The Balaban J connectivity index is 2.03. The molecule has 1 N–H and O–H groups in total. The Morgan fingerprint density at radius 3 is 2.60 bits per heavy atom. The Morgan fingerprint density at radius 1 is 1.16 bits per heavy atom. The topological polar surface area (TPSA) is 67.5 Å². The summed E-state index contributed by atoms with van der Waals surface area (Å²) in [4.78, 5) is 25.2. The van der Waals surface area contributed by atoms with Crippen molar-refractivity contribution in [2.45, 2.75) is 36.5 Å². The van der Waals surface area contributed by atoms with Crippen molar-refractivity contribution in [3.8, 4) is 0 Å². The van der Waals surface area contributed by atoms with Crippen LogP contribution in [0.25, 0.3) is 21.9 Å². The molecular weight excluding hydrogens is 336 g/mol. The lowest BCUT2D eigenvalue weighted by Crippen LogP contribution is -2.06. The van der Waals surface area contributed by atoms with Crippen LogP contribution < -0.4 is 5.43 Å². The molecule has 0 saturated heterocycles. The summed E-state index contributed by atoms with van der Waals surface area (Å²) in [5, 5.41) is 10.0. The number of carboxylic acids is 1. The van der Waals surface area contributed by atoms with Crippen molar-refractivity contribution in [3.63, 3.8) is 0 Å². The second-order valence-corrected chi connectivity index (χ2v) is 7.38. The molecule has 0 bridgehead atoms. The van der Waals surface area contributed by atoms with Crippen LogP contribution in [0.5, 0.6) is 0 Å². The molecule has 1 aliphatic carbocycles. The molecule has 1 aromatic heterocycles. The molecule has 0 radical (unpaired) electrons. The number of hydrogen-bond acceptors (Lipinski definition) is 4. The molecule has 5 heteroatoms. The van der Waals surface area contributed by atoms with E-state index in [1.54, 1.807) is 17.8 Å². The molecule has 25 heavy (non-hydrogen) atoms. The number of aromatic carboxylic acids is 1. The summed E-state index contributed by atoms with van der Waals surface area (Å²) in [5.41, 5.74) is 2.14. The molecule has 1 aliphatic rings. The molecule has 4 rings (SSSR count). The summed E-state index contributed by atoms with van der Waals surface area (Å²) in [6.07, 6.45) is 6.74. The average molecular weight is 354 g/mol. The third-order valence-electron chi connectivity index (χ3n) is 5.05. The van der Waals surface area contributed by atoms with Crippen LogP contribution in [-0.4, -0.2) is 17.3 Å². The van der Waals surface area contributed by atoms with E-state index in [1.165, 1.54) is 30.5 Å². The van der Waals surface area contributed by atoms with Gasteiger partial charge >= 0.3 is 5.97 Å². The van der Waals surface area contributed by atoms with Gasteiger partial charge in [-0.15, -0.1) is 11.8 Å². The van der Waals surface area contributed by atoms with Gasteiger partial charge in [0.15, 0.2) is 5.58 Å². The van der Waals surface area contributed by atoms with E-state index in [2.05, 4.69) is 6.07 Å². The Hall–Kier alpha value is -2.27. The normalized spacial score (nSPS) is 15.2. The van der Waals surface area contributed by atoms with Crippen LogP contribution in [0, 0.1) is 0 Å². The highest BCUT2D eigenvalue weighted by Crippen LogP contribution is 2.38. The zero-order valence-corrected chi connectivity index (χ0v) is 14.7. The van der Waals surface area contributed by atoms with Crippen LogP contribution in [0.2, 0.25) is 0 Å². The van der Waals surface area contributed by atoms with Crippen LogP contribution in [0.3, 0.4) is 0 Å². The summed E-state index contributed by atoms with van der Waals surface area (Å²) in [5.74, 6) is -0.554. The standard InChI is InChI=1S/C20H18O4S/c1-25-17-10-13(11-4-2-3-5-11)9-15-18(21)14-8-12(20(22)23)6-7-16(14)24-19(15)17/h6-11H,2-5H2,1H3,(H,22,23). The predicted octanol–water partition coefficient (Wildman–Crippen LogP) is 5.02. The molecule has 0 aliphatic heterocycles. The lowest BCUT2D eigenvalue weighted by molar-refractivity contribution is 0.0697. The quantitative estimate of drug-likeness (QED) is 0.528. The van der Waals surface area contributed by atoms with Gasteiger partial charge in [0.25, 0.3) is 0 Å². The van der Waals surface area contributed by atoms with Gasteiger partial charge in [-0.2, -0.15) is 0 Å². The van der Waals surface area contributed by atoms with Crippen LogP contribution in [0.15, 0.2) is 44.4 Å². The molecule has 1 heterocycles. The minimum Gasteiger partial charge on any atom is -0.478 e. The average Bonchev–Trinajstić information content (AvgIpc) is 3.15. The maximum absolute atomic E-state index is 13.0. The molecular formula is C20H18O4S. The number of hydrogen-bond donors (Lipinski definition) is 1. The van der Waals surface area contributed by atoms with E-state index in [1.807, 2.05) is 12.3 Å². The number of fused-ring (bicyclic) bond motifs is 2. The van der Waals surface area contributed by atoms with Gasteiger partial charge in [-0.1, -0.05) is 12.8 Å². The molecule has 0 spiro atoms. The first kappa shape index (κ1) is 16.2. The highest BCUT2D eigenvalue weighted by atomic mass is 32.2. The van der Waals surface area contributed by atoms with Crippen molar-refractivity contribution < 1.29 is 14.3 Å². The summed E-state index contributed by atoms with van der Waals surface area (Å²) >= 11 is 1.57. The fourth-order valence-corrected chi connectivity index (χ4v) is 4.32. The molecule has 128 valence electrons. The van der Waals surface area contributed by atoms with Crippen molar-refractivity contribution >= 4 is 39.7 Å². The molecule has 1 saturated carbocycles. The number of carboxylic acid groups (broad SMARTS) is 1. The summed E-state index contributed by atoms with van der Waals surface area (Å²) < 4.78 is 5.99. The van der Waals surface area contributed by atoms with Crippen molar-refractivity contribution in [2.75, 3.05) is 6.26 Å². The van der Waals surface area contributed by atoms with Gasteiger partial charge in [0.1, 0.15) is 5.58 Å². The van der Waals surface area contributed by atoms with Crippen molar-refractivity contribution in [3.05, 3.63) is 51.7 Å². The van der Waals surface area contributed by atoms with Crippen LogP contribution in [0.4, 0.5) is 0 Å². The predicted molar refractivity (Wildman–Crippen MR) is 99.9 cm³/mol. The third-order valence-corrected chi connectivity index (χ3v) is 5.79. The molecule has 0 amide bonds. The van der Waals surface area contributed by atoms with Crippen molar-refractivity contribution in [2.24, 2.45) is 0 Å². The summed E-state index contributed by atoms with van der Waals surface area (Å²) in [7, 11) is 0. The van der Waals surface area contributed by atoms with Gasteiger partial charge in [-0.25, -0.2) is 4.79 Å². The number of rotatable bonds is 3. The molecule has 4 nitrogen and oxygen atoms in total. The fraction of sp³-hybridized carbons (Fsp3) is 0.300. The van der Waals surface area contributed by atoms with Crippen LogP contribution >= 0.6 is 11.8 Å². The van der Waals surface area contributed by atoms with Gasteiger partial charge in [0.2, 0.25) is 5.43 Å². The molecule has 3 aromatic rings. The van der Waals surface area contributed by atoms with E-state index in [0.29, 0.717) is 27.9 Å². The maximum Gasteiger partial charge on any atom is 0.335 e. The van der Waals surface area contributed by atoms with Crippen molar-refractivity contribution in [1.82, 2.24) is 0 Å². The fourth-order valence-electron chi connectivity index (χ4n) is 3.73. The molecule has 2 aromatic carbocycles. The number of benzene rings is 2. The smallest absolute Gasteiger partial charge is 0.335 e. The van der Waals surface area contributed by atoms with Gasteiger partial charge in [-0.05, 0) is 60.9 Å². The van der Waals surface area contributed by atoms with Gasteiger partial charge in [0, 0.05) is 0 Å². The first-order chi connectivity index (χ1) is 12.1. The van der Waals surface area contributed by atoms with E-state index in [9.17, 15) is 14.7 Å². The molecule has 0 atom stereocenters. The second kappa shape index (κ2) is 6.23. The van der Waals surface area contributed by atoms with E-state index in [-0.39, 0.29) is 11.0 Å². The zero-order valence-electron chi connectivity index (χ0n) is 13.9. The Morgan fingerprint density at radius 2 is 1.92 bits per heavy atom. The summed E-state index contributed by atoms with van der Waals surface area (Å²) in [6.45, 7) is 0. The lowest BCUT2D eigenvalue weighted by Gasteiger charge is -2.13. The van der Waals surface area contributed by atoms with Gasteiger partial charge < -0.3 is 9.52 Å². The first-order valence-electron chi connectivity index (χ1n) is 8.40. The SMILES string of the molecule is CSc1cc(C2CCCC2)cc2c(=O)c3cc(C(=O)O)ccc3oc12. The number of thioether (sulfide) groups is 1. The minimum absolute atomic E-state index is 0.0937. The monoisotopic (exact) mass is 354 g/mol.